The Morgan fingerprint density at radius 3 is 2.44 bits per heavy atom. The van der Waals surface area contributed by atoms with Crippen LogP contribution < -0.4 is 9.64 Å². The fourth-order valence-corrected chi connectivity index (χ4v) is 5.62. The van der Waals surface area contributed by atoms with Crippen molar-refractivity contribution >= 4 is 52.3 Å². The van der Waals surface area contributed by atoms with Gasteiger partial charge in [-0.1, -0.05) is 34.8 Å². The molecule has 2 aliphatic heterocycles. The molecule has 32 heavy (non-hydrogen) atoms. The summed E-state index contributed by atoms with van der Waals surface area (Å²) in [5, 5.41) is 11.5. The van der Waals surface area contributed by atoms with Crippen molar-refractivity contribution in [3.63, 3.8) is 0 Å². The molecular weight excluding hydrogens is 475 g/mol. The van der Waals surface area contributed by atoms with E-state index in [9.17, 15) is 14.7 Å². The normalized spacial score (nSPS) is 25.6. The number of hydrogen-bond acceptors (Lipinski definition) is 5. The van der Waals surface area contributed by atoms with Crippen LogP contribution in [0.3, 0.4) is 0 Å². The standard InChI is InChI=1S/C23H21Cl3N2O4/c24-12-7-16-15(18(26)8-12)10-19(27-6-5-14(29)11-27)23(16)32-20-9-13(1-2-17(20)25)28-21(30)3-4-22(28)31/h1-2,7-9,14,19,23,29H,3-6,10-11H2/t14-,19-,23+/m1/s1. The monoisotopic (exact) mass is 494 g/mol. The van der Waals surface area contributed by atoms with Crippen LogP contribution in [0.25, 0.3) is 0 Å². The second kappa shape index (κ2) is 8.50. The number of aliphatic hydroxyl groups excluding tert-OH is 1. The average molecular weight is 496 g/mol. The summed E-state index contributed by atoms with van der Waals surface area (Å²) in [7, 11) is 0. The minimum Gasteiger partial charge on any atom is -0.482 e. The summed E-state index contributed by atoms with van der Waals surface area (Å²) < 4.78 is 6.45. The van der Waals surface area contributed by atoms with Crippen LogP contribution in [0.15, 0.2) is 30.3 Å². The highest BCUT2D eigenvalue weighted by Crippen LogP contribution is 2.45. The van der Waals surface area contributed by atoms with Crippen LogP contribution in [0.4, 0.5) is 5.69 Å². The number of aliphatic hydroxyl groups is 1. The Morgan fingerprint density at radius 2 is 1.75 bits per heavy atom. The summed E-state index contributed by atoms with van der Waals surface area (Å²) in [6.07, 6.45) is 0.947. The molecule has 0 radical (unpaired) electrons. The number of imide groups is 1. The van der Waals surface area contributed by atoms with Crippen LogP contribution in [-0.4, -0.2) is 47.1 Å². The lowest BCUT2D eigenvalue weighted by Gasteiger charge is -2.30. The van der Waals surface area contributed by atoms with Crippen molar-refractivity contribution in [2.24, 2.45) is 0 Å². The predicted molar refractivity (Wildman–Crippen MR) is 123 cm³/mol. The first kappa shape index (κ1) is 22.0. The van der Waals surface area contributed by atoms with E-state index < -0.39 is 6.10 Å². The van der Waals surface area contributed by atoms with E-state index in [1.165, 1.54) is 4.90 Å². The van der Waals surface area contributed by atoms with Crippen molar-refractivity contribution in [2.45, 2.75) is 43.9 Å². The minimum atomic E-state index is -0.427. The van der Waals surface area contributed by atoms with Crippen LogP contribution in [-0.2, 0) is 16.0 Å². The molecule has 2 aromatic carbocycles. The SMILES string of the molecule is O=C1CCC(=O)N1c1ccc(Cl)c(O[C@H]2c3cc(Cl)cc(Cl)c3C[C@H]2N2CC[C@@H](O)C2)c1. The molecule has 2 aromatic rings. The van der Waals surface area contributed by atoms with Gasteiger partial charge in [0.2, 0.25) is 11.8 Å². The number of carbonyl (C=O) groups excluding carboxylic acids is 2. The number of hydrogen-bond donors (Lipinski definition) is 1. The lowest BCUT2D eigenvalue weighted by molar-refractivity contribution is -0.121. The highest BCUT2D eigenvalue weighted by molar-refractivity contribution is 6.35. The van der Waals surface area contributed by atoms with E-state index in [1.54, 1.807) is 24.3 Å². The molecule has 5 rings (SSSR count). The first-order valence-electron chi connectivity index (χ1n) is 10.5. The van der Waals surface area contributed by atoms with Gasteiger partial charge in [-0.05, 0) is 42.7 Å². The number of ether oxygens (including phenoxy) is 1. The Labute approximate surface area is 200 Å². The summed E-state index contributed by atoms with van der Waals surface area (Å²) in [6.45, 7) is 1.30. The van der Waals surface area contributed by atoms with Gasteiger partial charge in [-0.15, -0.1) is 0 Å². The molecule has 0 unspecified atom stereocenters. The number of halogens is 3. The van der Waals surface area contributed by atoms with E-state index in [-0.39, 0.29) is 36.8 Å². The molecule has 9 heteroatoms. The Hall–Kier alpha value is -1.83. The number of benzene rings is 2. The van der Waals surface area contributed by atoms with Gasteiger partial charge in [0.05, 0.1) is 22.9 Å². The Balaban J connectivity index is 1.52. The molecule has 6 nitrogen and oxygen atoms in total. The van der Waals surface area contributed by atoms with E-state index in [4.69, 9.17) is 39.5 Å². The third-order valence-electron chi connectivity index (χ3n) is 6.41. The number of rotatable bonds is 4. The van der Waals surface area contributed by atoms with Crippen LogP contribution in [0, 0.1) is 0 Å². The summed E-state index contributed by atoms with van der Waals surface area (Å²) in [6, 6.07) is 8.40. The van der Waals surface area contributed by atoms with Gasteiger partial charge in [0, 0.05) is 47.6 Å². The van der Waals surface area contributed by atoms with Gasteiger partial charge in [-0.2, -0.15) is 0 Å². The van der Waals surface area contributed by atoms with Crippen LogP contribution in [0.5, 0.6) is 5.75 Å². The molecule has 0 spiro atoms. The van der Waals surface area contributed by atoms with Crippen molar-refractivity contribution in [1.82, 2.24) is 4.90 Å². The van der Waals surface area contributed by atoms with Crippen LogP contribution in [0.2, 0.25) is 15.1 Å². The topological polar surface area (TPSA) is 70.1 Å². The summed E-state index contributed by atoms with van der Waals surface area (Å²) in [5.41, 5.74) is 2.28. The second-order valence-electron chi connectivity index (χ2n) is 8.44. The molecule has 3 aliphatic rings. The zero-order valence-electron chi connectivity index (χ0n) is 17.1. The number of β-amino-alcohol motifs (C(OH)–C–C–N with tert-alkyl or cyclic N) is 1. The largest absolute Gasteiger partial charge is 0.482 e. The van der Waals surface area contributed by atoms with E-state index >= 15 is 0 Å². The molecule has 2 amide bonds. The van der Waals surface area contributed by atoms with Gasteiger partial charge < -0.3 is 9.84 Å². The third kappa shape index (κ3) is 3.88. The van der Waals surface area contributed by atoms with Crippen LogP contribution >= 0.6 is 34.8 Å². The Morgan fingerprint density at radius 1 is 1.00 bits per heavy atom. The van der Waals surface area contributed by atoms with Gasteiger partial charge in [-0.25, -0.2) is 0 Å². The van der Waals surface area contributed by atoms with Gasteiger partial charge in [0.1, 0.15) is 11.9 Å². The fourth-order valence-electron chi connectivity index (χ4n) is 4.87. The number of anilines is 1. The fraction of sp³-hybridized carbons (Fsp3) is 0.391. The quantitative estimate of drug-likeness (QED) is 0.636. The number of fused-ring (bicyclic) bond motifs is 1. The predicted octanol–water partition coefficient (Wildman–Crippen LogP) is 4.41. The zero-order valence-corrected chi connectivity index (χ0v) is 19.3. The highest BCUT2D eigenvalue weighted by atomic mass is 35.5. The first-order chi connectivity index (χ1) is 15.3. The molecule has 3 atom stereocenters. The lowest BCUT2D eigenvalue weighted by Crippen LogP contribution is -2.39. The number of amides is 2. The smallest absolute Gasteiger partial charge is 0.234 e. The maximum atomic E-state index is 12.2. The van der Waals surface area contributed by atoms with E-state index in [0.29, 0.717) is 45.9 Å². The van der Waals surface area contributed by atoms with Gasteiger partial charge in [0.15, 0.2) is 0 Å². The molecule has 2 saturated heterocycles. The number of nitrogens with zero attached hydrogens (tertiary/aromatic N) is 2. The average Bonchev–Trinajstić information content (AvgIpc) is 3.42. The molecule has 0 saturated carbocycles. The summed E-state index contributed by atoms with van der Waals surface area (Å²) >= 11 is 19.3. The lowest BCUT2D eigenvalue weighted by atomic mass is 10.1. The van der Waals surface area contributed by atoms with Crippen molar-refractivity contribution in [3.8, 4) is 5.75 Å². The van der Waals surface area contributed by atoms with Crippen molar-refractivity contribution in [2.75, 3.05) is 18.0 Å². The Bertz CT molecular complexity index is 1090. The summed E-state index contributed by atoms with van der Waals surface area (Å²) in [4.78, 5) is 27.8. The maximum Gasteiger partial charge on any atom is 0.234 e. The number of carbonyl (C=O) groups is 2. The van der Waals surface area contributed by atoms with Gasteiger partial charge in [-0.3, -0.25) is 19.4 Å². The molecule has 2 fully saturated rings. The molecule has 0 aromatic heterocycles. The van der Waals surface area contributed by atoms with E-state index in [2.05, 4.69) is 4.90 Å². The van der Waals surface area contributed by atoms with E-state index in [1.807, 2.05) is 6.07 Å². The van der Waals surface area contributed by atoms with Crippen molar-refractivity contribution < 1.29 is 19.4 Å². The maximum absolute atomic E-state index is 12.2. The van der Waals surface area contributed by atoms with Crippen LogP contribution in [0.1, 0.15) is 36.5 Å². The summed E-state index contributed by atoms with van der Waals surface area (Å²) in [5.74, 6) is -0.107. The first-order valence-corrected chi connectivity index (χ1v) is 11.7. The van der Waals surface area contributed by atoms with Crippen molar-refractivity contribution in [1.29, 1.82) is 0 Å². The highest BCUT2D eigenvalue weighted by Gasteiger charge is 2.42. The minimum absolute atomic E-state index is 0.0621. The molecule has 168 valence electrons. The molecule has 1 aliphatic carbocycles. The second-order valence-corrected chi connectivity index (χ2v) is 9.69. The van der Waals surface area contributed by atoms with E-state index in [0.717, 1.165) is 17.7 Å². The molecule has 2 heterocycles. The third-order valence-corrected chi connectivity index (χ3v) is 7.27. The number of likely N-dealkylation sites (tertiary alicyclic amines) is 1. The molecule has 1 N–H and O–H groups in total. The molecular formula is C23H21Cl3N2O4. The molecule has 0 bridgehead atoms. The van der Waals surface area contributed by atoms with Gasteiger partial charge in [0.25, 0.3) is 0 Å². The zero-order chi connectivity index (χ0) is 22.6. The van der Waals surface area contributed by atoms with Gasteiger partial charge >= 0.3 is 0 Å². The van der Waals surface area contributed by atoms with Crippen molar-refractivity contribution in [3.05, 3.63) is 56.5 Å². The Kier molecular flexibility index (Phi) is 5.84.